The first kappa shape index (κ1) is 11.9. The molecule has 0 fully saturated rings. The minimum absolute atomic E-state index is 0.191. The van der Waals surface area contributed by atoms with Gasteiger partial charge in [0.15, 0.2) is 5.76 Å². The van der Waals surface area contributed by atoms with E-state index in [1.807, 2.05) is 18.2 Å². The van der Waals surface area contributed by atoms with Crippen LogP contribution in [0.25, 0.3) is 22.6 Å². The van der Waals surface area contributed by atoms with Crippen LogP contribution < -0.4 is 5.73 Å². The fourth-order valence-electron chi connectivity index (χ4n) is 1.97. The summed E-state index contributed by atoms with van der Waals surface area (Å²) in [6, 6.07) is 11.0. The van der Waals surface area contributed by atoms with Gasteiger partial charge >= 0.3 is 0 Å². The summed E-state index contributed by atoms with van der Waals surface area (Å²) in [6.07, 6.45) is 4.94. The van der Waals surface area contributed by atoms with Gasteiger partial charge in [0.05, 0.1) is 11.8 Å². The van der Waals surface area contributed by atoms with Crippen molar-refractivity contribution in [3.8, 4) is 28.7 Å². The van der Waals surface area contributed by atoms with E-state index in [9.17, 15) is 0 Å². The lowest BCUT2D eigenvalue weighted by atomic mass is 10.0. The second-order valence-corrected chi connectivity index (χ2v) is 4.14. The molecular weight excluding hydrogens is 252 g/mol. The first-order valence-electron chi connectivity index (χ1n) is 5.94. The van der Waals surface area contributed by atoms with Crippen LogP contribution in [0.5, 0.6) is 0 Å². The molecule has 96 valence electrons. The predicted octanol–water partition coefficient (Wildman–Crippen LogP) is 2.86. The zero-order valence-electron chi connectivity index (χ0n) is 10.4. The van der Waals surface area contributed by atoms with E-state index in [0.29, 0.717) is 17.0 Å². The van der Waals surface area contributed by atoms with Crippen molar-refractivity contribution in [3.63, 3.8) is 0 Å². The molecule has 5 heteroatoms. The molecule has 0 radical (unpaired) electrons. The van der Waals surface area contributed by atoms with Crippen LogP contribution in [0.15, 0.2) is 53.4 Å². The molecule has 0 unspecified atom stereocenters. The van der Waals surface area contributed by atoms with Gasteiger partial charge in [-0.2, -0.15) is 5.26 Å². The zero-order valence-corrected chi connectivity index (χ0v) is 10.4. The van der Waals surface area contributed by atoms with Crippen molar-refractivity contribution in [3.05, 3.63) is 54.6 Å². The minimum Gasteiger partial charge on any atom is -0.463 e. The molecule has 5 nitrogen and oxygen atoms in total. The van der Waals surface area contributed by atoms with Crippen molar-refractivity contribution in [2.24, 2.45) is 0 Å². The summed E-state index contributed by atoms with van der Waals surface area (Å²) in [5.74, 6) is 0.796. The molecule has 0 saturated heterocycles. The van der Waals surface area contributed by atoms with E-state index in [2.05, 4.69) is 9.97 Å². The van der Waals surface area contributed by atoms with Crippen LogP contribution in [0.4, 0.5) is 5.82 Å². The number of nitriles is 1. The number of furan rings is 1. The summed E-state index contributed by atoms with van der Waals surface area (Å²) in [7, 11) is 0. The molecule has 0 bridgehead atoms. The summed E-state index contributed by atoms with van der Waals surface area (Å²) in [5, 5.41) is 9.11. The van der Waals surface area contributed by atoms with E-state index in [1.54, 1.807) is 36.9 Å². The lowest BCUT2D eigenvalue weighted by Crippen LogP contribution is -1.99. The highest BCUT2D eigenvalue weighted by Gasteiger charge is 2.15. The van der Waals surface area contributed by atoms with Crippen LogP contribution in [-0.4, -0.2) is 9.97 Å². The van der Waals surface area contributed by atoms with Gasteiger partial charge in [-0.1, -0.05) is 0 Å². The van der Waals surface area contributed by atoms with Crippen molar-refractivity contribution in [1.82, 2.24) is 9.97 Å². The molecule has 0 saturated carbocycles. The molecule has 3 aromatic rings. The van der Waals surface area contributed by atoms with Crippen molar-refractivity contribution in [2.75, 3.05) is 5.73 Å². The second-order valence-electron chi connectivity index (χ2n) is 4.14. The summed E-state index contributed by atoms with van der Waals surface area (Å²) in [5.41, 5.74) is 8.43. The monoisotopic (exact) mass is 262 g/mol. The first-order chi connectivity index (χ1) is 9.79. The molecule has 3 aromatic heterocycles. The molecule has 0 aliphatic rings. The second kappa shape index (κ2) is 4.86. The molecule has 0 aliphatic carbocycles. The third-order valence-electron chi connectivity index (χ3n) is 2.92. The van der Waals surface area contributed by atoms with Crippen molar-refractivity contribution in [2.45, 2.75) is 0 Å². The number of nitrogen functional groups attached to an aromatic ring is 1. The van der Waals surface area contributed by atoms with E-state index < -0.39 is 0 Å². The maximum Gasteiger partial charge on any atom is 0.152 e. The largest absolute Gasteiger partial charge is 0.463 e. The molecule has 3 rings (SSSR count). The molecule has 0 atom stereocenters. The minimum atomic E-state index is 0.191. The number of hydrogen-bond acceptors (Lipinski definition) is 5. The van der Waals surface area contributed by atoms with E-state index in [-0.39, 0.29) is 5.82 Å². The number of aromatic nitrogens is 2. The summed E-state index contributed by atoms with van der Waals surface area (Å²) in [6.45, 7) is 0. The van der Waals surface area contributed by atoms with Crippen molar-refractivity contribution in [1.29, 1.82) is 5.26 Å². The Morgan fingerprint density at radius 2 is 2.00 bits per heavy atom. The molecule has 20 heavy (non-hydrogen) atoms. The molecule has 2 N–H and O–H groups in total. The number of nitrogens with two attached hydrogens (primary N) is 1. The van der Waals surface area contributed by atoms with Crippen LogP contribution in [0.1, 0.15) is 5.56 Å². The standard InChI is InChI=1S/C15H10N4O/c16-9-11-8-12(10-3-5-18-6-4-10)14(19-15(11)17)13-2-1-7-20-13/h1-8H,(H2,17,19). The lowest BCUT2D eigenvalue weighted by molar-refractivity contribution is 0.580. The highest BCUT2D eigenvalue weighted by Crippen LogP contribution is 2.32. The zero-order chi connectivity index (χ0) is 13.9. The van der Waals surface area contributed by atoms with Gasteiger partial charge in [0.25, 0.3) is 0 Å². The Morgan fingerprint density at radius 3 is 2.65 bits per heavy atom. The highest BCUT2D eigenvalue weighted by molar-refractivity contribution is 5.81. The van der Waals surface area contributed by atoms with Crippen LogP contribution in [0.2, 0.25) is 0 Å². The Balaban J connectivity index is 2.29. The number of rotatable bonds is 2. The Bertz CT molecular complexity index is 774. The molecule has 3 heterocycles. The average Bonchev–Trinajstić information content (AvgIpc) is 3.02. The number of hydrogen-bond donors (Lipinski definition) is 1. The van der Waals surface area contributed by atoms with Crippen molar-refractivity contribution >= 4 is 5.82 Å². The van der Waals surface area contributed by atoms with E-state index in [0.717, 1.165) is 11.1 Å². The average molecular weight is 262 g/mol. The lowest BCUT2D eigenvalue weighted by Gasteiger charge is -2.09. The topological polar surface area (TPSA) is 88.7 Å². The Kier molecular flexibility index (Phi) is 2.90. The smallest absolute Gasteiger partial charge is 0.152 e. The van der Waals surface area contributed by atoms with E-state index in [4.69, 9.17) is 15.4 Å². The van der Waals surface area contributed by atoms with Gasteiger partial charge in [-0.05, 0) is 35.9 Å². The first-order valence-corrected chi connectivity index (χ1v) is 5.94. The van der Waals surface area contributed by atoms with Gasteiger partial charge in [-0.15, -0.1) is 0 Å². The van der Waals surface area contributed by atoms with Gasteiger partial charge in [0, 0.05) is 18.0 Å². The molecule has 0 amide bonds. The molecule has 0 aliphatic heterocycles. The predicted molar refractivity (Wildman–Crippen MR) is 74.3 cm³/mol. The van der Waals surface area contributed by atoms with Gasteiger partial charge < -0.3 is 10.2 Å². The van der Waals surface area contributed by atoms with Crippen molar-refractivity contribution < 1.29 is 4.42 Å². The Morgan fingerprint density at radius 1 is 1.20 bits per heavy atom. The summed E-state index contributed by atoms with van der Waals surface area (Å²) < 4.78 is 5.39. The van der Waals surface area contributed by atoms with Gasteiger partial charge in [0.1, 0.15) is 17.6 Å². The van der Waals surface area contributed by atoms with Crippen LogP contribution in [0, 0.1) is 11.3 Å². The Hall–Kier alpha value is -3.13. The van der Waals surface area contributed by atoms with Gasteiger partial charge in [-0.3, -0.25) is 4.98 Å². The van der Waals surface area contributed by atoms with Crippen LogP contribution in [0.3, 0.4) is 0 Å². The molecule has 0 spiro atoms. The number of nitrogens with zero attached hydrogens (tertiary/aromatic N) is 3. The molecule has 0 aromatic carbocycles. The molecular formula is C15H10N4O. The fourth-order valence-corrected chi connectivity index (χ4v) is 1.97. The summed E-state index contributed by atoms with van der Waals surface area (Å²) >= 11 is 0. The van der Waals surface area contributed by atoms with Gasteiger partial charge in [-0.25, -0.2) is 4.98 Å². The van der Waals surface area contributed by atoms with Gasteiger partial charge in [0.2, 0.25) is 0 Å². The van der Waals surface area contributed by atoms with Crippen LogP contribution in [-0.2, 0) is 0 Å². The number of pyridine rings is 2. The summed E-state index contributed by atoms with van der Waals surface area (Å²) in [4.78, 5) is 8.29. The maximum absolute atomic E-state index is 9.11. The van der Waals surface area contributed by atoms with E-state index in [1.165, 1.54) is 0 Å². The van der Waals surface area contributed by atoms with Crippen LogP contribution >= 0.6 is 0 Å². The maximum atomic E-state index is 9.11. The Labute approximate surface area is 115 Å². The normalized spacial score (nSPS) is 10.2. The third kappa shape index (κ3) is 1.99. The quantitative estimate of drug-likeness (QED) is 0.767. The fraction of sp³-hybridized carbons (Fsp3) is 0. The van der Waals surface area contributed by atoms with E-state index >= 15 is 0 Å². The third-order valence-corrected chi connectivity index (χ3v) is 2.92. The highest BCUT2D eigenvalue weighted by atomic mass is 16.3. The SMILES string of the molecule is N#Cc1cc(-c2ccncc2)c(-c2ccco2)nc1N. The number of anilines is 1.